The van der Waals surface area contributed by atoms with E-state index in [0.29, 0.717) is 17.1 Å². The number of carbonyl (C=O) groups excluding carboxylic acids is 2. The van der Waals surface area contributed by atoms with Crippen molar-refractivity contribution >= 4 is 28.9 Å². The van der Waals surface area contributed by atoms with Crippen LogP contribution in [0.4, 0.5) is 0 Å². The molecule has 0 aliphatic carbocycles. The molecule has 0 amide bonds. The smallest absolute Gasteiger partial charge is 0.345 e. The molecule has 7 heteroatoms. The van der Waals surface area contributed by atoms with Gasteiger partial charge in [0.2, 0.25) is 0 Å². The van der Waals surface area contributed by atoms with E-state index < -0.39 is 11.9 Å². The number of methoxy groups -OCH3 is 2. The molecule has 1 heterocycles. The number of aromatic nitrogens is 1. The maximum Gasteiger partial charge on any atom is 0.345 e. The predicted octanol–water partition coefficient (Wildman–Crippen LogP) is 2.69. The van der Waals surface area contributed by atoms with Gasteiger partial charge in [-0.05, 0) is 26.0 Å². The Labute approximate surface area is 145 Å². The van der Waals surface area contributed by atoms with Crippen molar-refractivity contribution in [1.29, 1.82) is 0 Å². The van der Waals surface area contributed by atoms with Crippen molar-refractivity contribution in [3.8, 4) is 11.5 Å². The predicted molar refractivity (Wildman–Crippen MR) is 92.6 cm³/mol. The Hall–Kier alpha value is -2.96. The Morgan fingerprint density at radius 1 is 1.04 bits per heavy atom. The normalized spacial score (nSPS) is 10.2. The van der Waals surface area contributed by atoms with Crippen LogP contribution < -0.4 is 9.47 Å². The molecule has 0 fully saturated rings. The van der Waals surface area contributed by atoms with Gasteiger partial charge in [-0.2, -0.15) is 0 Å². The van der Waals surface area contributed by atoms with Gasteiger partial charge in [-0.3, -0.25) is 0 Å². The largest absolute Gasteiger partial charge is 0.496 e. The molecule has 1 N–H and O–H groups in total. The second-order valence-corrected chi connectivity index (χ2v) is 4.96. The lowest BCUT2D eigenvalue weighted by Gasteiger charge is -2.12. The summed E-state index contributed by atoms with van der Waals surface area (Å²) in [6.45, 7) is 3.63. The van der Waals surface area contributed by atoms with Crippen molar-refractivity contribution in [2.24, 2.45) is 0 Å². The van der Waals surface area contributed by atoms with Crippen molar-refractivity contribution in [3.05, 3.63) is 29.5 Å². The van der Waals surface area contributed by atoms with Crippen LogP contribution in [0.15, 0.2) is 23.9 Å². The molecule has 2 rings (SSSR count). The molecule has 0 spiro atoms. The van der Waals surface area contributed by atoms with Crippen LogP contribution in [0, 0.1) is 0 Å². The second kappa shape index (κ2) is 8.23. The number of esters is 2. The van der Waals surface area contributed by atoms with Gasteiger partial charge in [0, 0.05) is 23.2 Å². The Morgan fingerprint density at radius 2 is 1.64 bits per heavy atom. The molecular formula is C18H21NO6. The third-order valence-corrected chi connectivity index (χ3v) is 3.53. The van der Waals surface area contributed by atoms with E-state index in [0.717, 1.165) is 10.9 Å². The zero-order valence-electron chi connectivity index (χ0n) is 14.7. The Morgan fingerprint density at radius 3 is 2.16 bits per heavy atom. The van der Waals surface area contributed by atoms with E-state index >= 15 is 0 Å². The van der Waals surface area contributed by atoms with E-state index in [1.54, 1.807) is 39.3 Å². The van der Waals surface area contributed by atoms with E-state index in [-0.39, 0.29) is 18.8 Å². The highest BCUT2D eigenvalue weighted by Gasteiger charge is 2.23. The number of H-pyrrole nitrogens is 1. The zero-order chi connectivity index (χ0) is 18.4. The lowest BCUT2D eigenvalue weighted by atomic mass is 10.0. The van der Waals surface area contributed by atoms with E-state index in [9.17, 15) is 9.59 Å². The lowest BCUT2D eigenvalue weighted by molar-refractivity contribution is -0.146. The summed E-state index contributed by atoms with van der Waals surface area (Å²) in [5.41, 5.74) is 1.08. The van der Waals surface area contributed by atoms with Crippen molar-refractivity contribution in [1.82, 2.24) is 4.98 Å². The number of rotatable bonds is 7. The number of nitrogens with one attached hydrogen (secondary N) is 1. The number of fused-ring (bicyclic) bond motifs is 1. The van der Waals surface area contributed by atoms with Gasteiger partial charge in [-0.1, -0.05) is 0 Å². The first-order chi connectivity index (χ1) is 12.1. The number of carbonyl (C=O) groups is 2. The molecule has 0 bridgehead atoms. The van der Waals surface area contributed by atoms with E-state index in [1.165, 1.54) is 13.2 Å². The fourth-order valence-electron chi connectivity index (χ4n) is 2.44. The number of ether oxygens (including phenoxy) is 4. The number of benzene rings is 1. The Balaban J connectivity index is 2.67. The topological polar surface area (TPSA) is 86.9 Å². The first-order valence-corrected chi connectivity index (χ1v) is 7.85. The molecule has 2 aromatic rings. The molecule has 0 saturated heterocycles. The van der Waals surface area contributed by atoms with Crippen LogP contribution in [0.25, 0.3) is 17.0 Å². The van der Waals surface area contributed by atoms with Gasteiger partial charge < -0.3 is 23.9 Å². The number of aromatic amines is 1. The molecule has 0 aliphatic rings. The minimum atomic E-state index is -0.748. The highest BCUT2D eigenvalue weighted by atomic mass is 16.6. The van der Waals surface area contributed by atoms with E-state index in [4.69, 9.17) is 18.9 Å². The summed E-state index contributed by atoms with van der Waals surface area (Å²) in [6.07, 6.45) is 3.16. The average Bonchev–Trinajstić information content (AvgIpc) is 3.09. The van der Waals surface area contributed by atoms with E-state index in [2.05, 4.69) is 4.98 Å². The standard InChI is InChI=1S/C18H21NO6/c1-5-24-17(20)13(18(21)25-6-2)9-12-11-7-8-19-16(11)15(23-4)10-14(12)22-3/h7-10,19H,5-6H2,1-4H3. The van der Waals surface area contributed by atoms with Gasteiger partial charge in [0.05, 0.1) is 33.0 Å². The Kier molecular flexibility index (Phi) is 6.05. The Bertz CT molecular complexity index is 785. The summed E-state index contributed by atoms with van der Waals surface area (Å²) in [5, 5.41) is 0.738. The van der Waals surface area contributed by atoms with Gasteiger partial charge in [0.1, 0.15) is 17.1 Å². The molecule has 7 nitrogen and oxygen atoms in total. The van der Waals surface area contributed by atoms with Crippen molar-refractivity contribution in [3.63, 3.8) is 0 Å². The van der Waals surface area contributed by atoms with Crippen LogP contribution in [-0.2, 0) is 19.1 Å². The quantitative estimate of drug-likeness (QED) is 0.359. The summed E-state index contributed by atoms with van der Waals surface area (Å²) in [6, 6.07) is 3.48. The summed E-state index contributed by atoms with van der Waals surface area (Å²) >= 11 is 0. The first kappa shape index (κ1) is 18.4. The molecule has 0 unspecified atom stereocenters. The summed E-state index contributed by atoms with van der Waals surface area (Å²) in [7, 11) is 3.05. The molecule has 1 aromatic heterocycles. The minimum Gasteiger partial charge on any atom is -0.496 e. The molecule has 0 radical (unpaired) electrons. The maximum absolute atomic E-state index is 12.2. The van der Waals surface area contributed by atoms with Gasteiger partial charge in [0.15, 0.2) is 0 Å². The summed E-state index contributed by atoms with van der Waals surface area (Å²) < 4.78 is 20.7. The highest BCUT2D eigenvalue weighted by molar-refractivity contribution is 6.19. The molecule has 0 atom stereocenters. The SMILES string of the molecule is CCOC(=O)C(=Cc1c(OC)cc(OC)c2[nH]ccc12)C(=O)OCC. The summed E-state index contributed by atoms with van der Waals surface area (Å²) in [5.74, 6) is -0.456. The average molecular weight is 347 g/mol. The van der Waals surface area contributed by atoms with Crippen LogP contribution >= 0.6 is 0 Å². The summed E-state index contributed by atoms with van der Waals surface area (Å²) in [4.78, 5) is 27.5. The van der Waals surface area contributed by atoms with Crippen molar-refractivity contribution in [2.45, 2.75) is 13.8 Å². The first-order valence-electron chi connectivity index (χ1n) is 7.85. The maximum atomic E-state index is 12.2. The lowest BCUT2D eigenvalue weighted by Crippen LogP contribution is -2.18. The van der Waals surface area contributed by atoms with Crippen LogP contribution in [-0.4, -0.2) is 44.4 Å². The van der Waals surface area contributed by atoms with E-state index in [1.807, 2.05) is 0 Å². The van der Waals surface area contributed by atoms with Crippen LogP contribution in [0.5, 0.6) is 11.5 Å². The van der Waals surface area contributed by atoms with Gasteiger partial charge >= 0.3 is 11.9 Å². The second-order valence-electron chi connectivity index (χ2n) is 4.96. The molecule has 1 aromatic carbocycles. The van der Waals surface area contributed by atoms with Crippen molar-refractivity contribution in [2.75, 3.05) is 27.4 Å². The number of hydrogen-bond donors (Lipinski definition) is 1. The molecular weight excluding hydrogens is 326 g/mol. The monoisotopic (exact) mass is 347 g/mol. The van der Waals surface area contributed by atoms with Crippen LogP contribution in [0.2, 0.25) is 0 Å². The molecule has 0 aliphatic heterocycles. The molecule has 25 heavy (non-hydrogen) atoms. The zero-order valence-corrected chi connectivity index (χ0v) is 14.7. The fraction of sp³-hybridized carbons (Fsp3) is 0.333. The molecule has 134 valence electrons. The van der Waals surface area contributed by atoms with Gasteiger partial charge in [0.25, 0.3) is 0 Å². The third-order valence-electron chi connectivity index (χ3n) is 3.53. The van der Waals surface area contributed by atoms with Gasteiger partial charge in [-0.15, -0.1) is 0 Å². The fourth-order valence-corrected chi connectivity index (χ4v) is 2.44. The van der Waals surface area contributed by atoms with Gasteiger partial charge in [-0.25, -0.2) is 9.59 Å². The highest BCUT2D eigenvalue weighted by Crippen LogP contribution is 2.36. The third kappa shape index (κ3) is 3.76. The van der Waals surface area contributed by atoms with Crippen molar-refractivity contribution < 1.29 is 28.5 Å². The molecule has 0 saturated carbocycles. The van der Waals surface area contributed by atoms with Crippen LogP contribution in [0.1, 0.15) is 19.4 Å². The number of hydrogen-bond acceptors (Lipinski definition) is 6. The van der Waals surface area contributed by atoms with Crippen LogP contribution in [0.3, 0.4) is 0 Å². The minimum absolute atomic E-state index is 0.148.